The molecule has 0 aromatic carbocycles. The Balaban J connectivity index is 2.61. The molecule has 2 atom stereocenters. The van der Waals surface area contributed by atoms with E-state index in [0.29, 0.717) is 18.9 Å². The number of aliphatic hydroxyl groups is 1. The van der Waals surface area contributed by atoms with Gasteiger partial charge in [0.15, 0.2) is 0 Å². The van der Waals surface area contributed by atoms with E-state index in [9.17, 15) is 5.11 Å². The molecular weight excluding hydrogens is 190 g/mol. The van der Waals surface area contributed by atoms with Crippen LogP contribution in [-0.2, 0) is 4.74 Å². The van der Waals surface area contributed by atoms with Crippen LogP contribution in [0.25, 0.3) is 0 Å². The molecule has 3 heteroatoms. The Morgan fingerprint density at radius 1 is 1.53 bits per heavy atom. The fraction of sp³-hybridized carbons (Fsp3) is 0.583. The van der Waals surface area contributed by atoms with Crippen LogP contribution in [0.1, 0.15) is 30.6 Å². The highest BCUT2D eigenvalue weighted by Gasteiger charge is 2.14. The molecule has 1 aromatic rings. The Morgan fingerprint density at radius 2 is 2.27 bits per heavy atom. The molecule has 3 nitrogen and oxygen atoms in total. The molecule has 1 rings (SSSR count). The first-order valence-electron chi connectivity index (χ1n) is 5.22. The molecule has 0 aliphatic carbocycles. The number of aryl methyl sites for hydroxylation is 1. The van der Waals surface area contributed by atoms with Crippen molar-refractivity contribution in [2.75, 3.05) is 13.7 Å². The maximum atomic E-state index is 10.0. The number of aliphatic hydroxyl groups excluding tert-OH is 1. The third kappa shape index (κ3) is 3.61. The molecule has 0 bridgehead atoms. The van der Waals surface area contributed by atoms with E-state index in [4.69, 9.17) is 4.74 Å². The van der Waals surface area contributed by atoms with Gasteiger partial charge in [-0.1, -0.05) is 6.92 Å². The van der Waals surface area contributed by atoms with E-state index in [1.807, 2.05) is 13.0 Å². The van der Waals surface area contributed by atoms with Gasteiger partial charge in [0.25, 0.3) is 0 Å². The van der Waals surface area contributed by atoms with Crippen molar-refractivity contribution in [3.63, 3.8) is 0 Å². The van der Waals surface area contributed by atoms with Gasteiger partial charge in [-0.3, -0.25) is 4.98 Å². The summed E-state index contributed by atoms with van der Waals surface area (Å²) in [6.07, 6.45) is 3.74. The SMILES string of the molecule is COCC(C)CC(O)c1cnccc1C. The van der Waals surface area contributed by atoms with Gasteiger partial charge in [-0.05, 0) is 30.9 Å². The molecule has 0 saturated heterocycles. The van der Waals surface area contributed by atoms with Crippen molar-refractivity contribution < 1.29 is 9.84 Å². The fourth-order valence-corrected chi connectivity index (χ4v) is 1.69. The molecule has 1 heterocycles. The van der Waals surface area contributed by atoms with Gasteiger partial charge in [-0.15, -0.1) is 0 Å². The molecule has 0 amide bonds. The minimum atomic E-state index is -0.441. The second kappa shape index (κ2) is 5.83. The van der Waals surface area contributed by atoms with Gasteiger partial charge in [0.2, 0.25) is 0 Å². The van der Waals surface area contributed by atoms with Gasteiger partial charge in [-0.25, -0.2) is 0 Å². The lowest BCUT2D eigenvalue weighted by molar-refractivity contribution is 0.101. The van der Waals surface area contributed by atoms with E-state index in [1.54, 1.807) is 19.5 Å². The van der Waals surface area contributed by atoms with E-state index in [2.05, 4.69) is 11.9 Å². The Morgan fingerprint density at radius 3 is 2.87 bits per heavy atom. The van der Waals surface area contributed by atoms with Crippen LogP contribution in [0, 0.1) is 12.8 Å². The standard InChI is InChI=1S/C12H19NO2/c1-9(8-15-3)6-12(14)11-7-13-5-4-10(11)2/h4-5,7,9,12,14H,6,8H2,1-3H3. The second-order valence-electron chi connectivity index (χ2n) is 4.04. The largest absolute Gasteiger partial charge is 0.388 e. The van der Waals surface area contributed by atoms with Crippen LogP contribution >= 0.6 is 0 Å². The van der Waals surface area contributed by atoms with E-state index in [-0.39, 0.29) is 0 Å². The summed E-state index contributed by atoms with van der Waals surface area (Å²) in [4.78, 5) is 4.03. The predicted octanol–water partition coefficient (Wildman–Crippen LogP) is 2.10. The summed E-state index contributed by atoms with van der Waals surface area (Å²) in [6, 6.07) is 1.92. The monoisotopic (exact) mass is 209 g/mol. The highest BCUT2D eigenvalue weighted by atomic mass is 16.5. The summed E-state index contributed by atoms with van der Waals surface area (Å²) in [5.74, 6) is 0.351. The molecular formula is C12H19NO2. The lowest BCUT2D eigenvalue weighted by Crippen LogP contribution is -2.10. The molecule has 0 radical (unpaired) electrons. The number of aromatic nitrogens is 1. The van der Waals surface area contributed by atoms with Crippen LogP contribution in [0.2, 0.25) is 0 Å². The molecule has 0 saturated carbocycles. The van der Waals surface area contributed by atoms with Crippen LogP contribution in [0.5, 0.6) is 0 Å². The van der Waals surface area contributed by atoms with Gasteiger partial charge in [0.1, 0.15) is 0 Å². The molecule has 1 N–H and O–H groups in total. The van der Waals surface area contributed by atoms with Gasteiger partial charge in [-0.2, -0.15) is 0 Å². The number of nitrogens with zero attached hydrogens (tertiary/aromatic N) is 1. The smallest absolute Gasteiger partial charge is 0.0810 e. The first kappa shape index (κ1) is 12.1. The average molecular weight is 209 g/mol. The lowest BCUT2D eigenvalue weighted by atomic mass is 9.97. The van der Waals surface area contributed by atoms with E-state index < -0.39 is 6.10 Å². The first-order valence-corrected chi connectivity index (χ1v) is 5.22. The Bertz CT molecular complexity index is 301. The Labute approximate surface area is 91.1 Å². The Hall–Kier alpha value is -0.930. The number of hydrogen-bond acceptors (Lipinski definition) is 3. The molecule has 0 fully saturated rings. The van der Waals surface area contributed by atoms with Gasteiger partial charge in [0, 0.05) is 31.7 Å². The number of hydrogen-bond donors (Lipinski definition) is 1. The third-order valence-corrected chi connectivity index (χ3v) is 2.52. The third-order valence-electron chi connectivity index (χ3n) is 2.52. The molecule has 84 valence electrons. The van der Waals surface area contributed by atoms with Crippen molar-refractivity contribution in [2.45, 2.75) is 26.4 Å². The average Bonchev–Trinajstić information content (AvgIpc) is 2.18. The Kier molecular flexibility index (Phi) is 4.72. The van der Waals surface area contributed by atoms with E-state index in [0.717, 1.165) is 11.1 Å². The van der Waals surface area contributed by atoms with Crippen LogP contribution in [-0.4, -0.2) is 23.8 Å². The lowest BCUT2D eigenvalue weighted by Gasteiger charge is -2.17. The molecule has 15 heavy (non-hydrogen) atoms. The highest BCUT2D eigenvalue weighted by molar-refractivity contribution is 5.23. The zero-order valence-electron chi connectivity index (χ0n) is 9.60. The van der Waals surface area contributed by atoms with Crippen molar-refractivity contribution in [1.82, 2.24) is 4.98 Å². The van der Waals surface area contributed by atoms with Gasteiger partial charge in [0.05, 0.1) is 6.10 Å². The molecule has 0 aliphatic heterocycles. The van der Waals surface area contributed by atoms with Crippen molar-refractivity contribution in [2.24, 2.45) is 5.92 Å². The minimum absolute atomic E-state index is 0.351. The summed E-state index contributed by atoms with van der Waals surface area (Å²) in [5, 5.41) is 10.0. The normalized spacial score (nSPS) is 14.9. The fourth-order valence-electron chi connectivity index (χ4n) is 1.69. The highest BCUT2D eigenvalue weighted by Crippen LogP contribution is 2.23. The van der Waals surface area contributed by atoms with E-state index >= 15 is 0 Å². The summed E-state index contributed by atoms with van der Waals surface area (Å²) in [5.41, 5.74) is 2.00. The summed E-state index contributed by atoms with van der Waals surface area (Å²) in [7, 11) is 1.68. The maximum absolute atomic E-state index is 10.0. The zero-order valence-corrected chi connectivity index (χ0v) is 9.60. The van der Waals surface area contributed by atoms with Crippen LogP contribution in [0.3, 0.4) is 0 Å². The van der Waals surface area contributed by atoms with Crippen molar-refractivity contribution in [3.8, 4) is 0 Å². The molecule has 0 aliphatic rings. The summed E-state index contributed by atoms with van der Waals surface area (Å²) in [6.45, 7) is 4.73. The summed E-state index contributed by atoms with van der Waals surface area (Å²) >= 11 is 0. The van der Waals surface area contributed by atoms with Crippen LogP contribution in [0.4, 0.5) is 0 Å². The quantitative estimate of drug-likeness (QED) is 0.807. The molecule has 0 spiro atoms. The second-order valence-corrected chi connectivity index (χ2v) is 4.04. The van der Waals surface area contributed by atoms with Crippen molar-refractivity contribution in [1.29, 1.82) is 0 Å². The molecule has 1 aromatic heterocycles. The first-order chi connectivity index (χ1) is 7.15. The number of pyridine rings is 1. The van der Waals surface area contributed by atoms with Gasteiger partial charge >= 0.3 is 0 Å². The van der Waals surface area contributed by atoms with Crippen LogP contribution in [0.15, 0.2) is 18.5 Å². The zero-order chi connectivity index (χ0) is 11.3. The van der Waals surface area contributed by atoms with Crippen molar-refractivity contribution >= 4 is 0 Å². The molecule has 2 unspecified atom stereocenters. The number of rotatable bonds is 5. The van der Waals surface area contributed by atoms with Gasteiger partial charge < -0.3 is 9.84 Å². The van der Waals surface area contributed by atoms with E-state index in [1.165, 1.54) is 0 Å². The number of methoxy groups -OCH3 is 1. The van der Waals surface area contributed by atoms with Crippen LogP contribution < -0.4 is 0 Å². The van der Waals surface area contributed by atoms with Crippen molar-refractivity contribution in [3.05, 3.63) is 29.6 Å². The topological polar surface area (TPSA) is 42.4 Å². The summed E-state index contributed by atoms with van der Waals surface area (Å²) < 4.78 is 5.04. The minimum Gasteiger partial charge on any atom is -0.388 e. The maximum Gasteiger partial charge on any atom is 0.0810 e. The predicted molar refractivity (Wildman–Crippen MR) is 59.6 cm³/mol. The number of ether oxygens (including phenoxy) is 1.